The number of nitrogens with one attached hydrogen (secondary N) is 1. The highest BCUT2D eigenvalue weighted by Crippen LogP contribution is 2.08. The second-order valence-electron chi connectivity index (χ2n) is 4.51. The Balaban J connectivity index is 4.33. The normalized spacial score (nSPS) is 15.1. The fraction of sp³-hybridized carbons (Fsp3) is 0.800. The predicted octanol–water partition coefficient (Wildman–Crippen LogP) is 0.136. The van der Waals surface area contributed by atoms with Gasteiger partial charge in [0.2, 0.25) is 5.91 Å². The van der Waals surface area contributed by atoms with E-state index in [1.165, 1.54) is 0 Å². The average Bonchev–Trinajstić information content (AvgIpc) is 2.09. The maximum atomic E-state index is 11.4. The average molecular weight is 232 g/mol. The highest BCUT2D eigenvalue weighted by atomic mass is 16.6. The molecule has 0 spiro atoms. The standard InChI is InChI=1S/C10H20N2O4/c1-5-6(7(13)8(11)14)12-9(15)16-10(2,3)4/h6-7,13H,5H2,1-4H3,(H2,11,14)(H,12,15). The first-order valence-corrected chi connectivity index (χ1v) is 5.14. The summed E-state index contributed by atoms with van der Waals surface area (Å²) in [4.78, 5) is 22.1. The van der Waals surface area contributed by atoms with E-state index in [4.69, 9.17) is 10.5 Å². The van der Waals surface area contributed by atoms with Crippen LogP contribution in [0.5, 0.6) is 0 Å². The number of aliphatic hydroxyl groups is 1. The summed E-state index contributed by atoms with van der Waals surface area (Å²) in [7, 11) is 0. The molecule has 0 aliphatic rings. The first-order valence-electron chi connectivity index (χ1n) is 5.14. The van der Waals surface area contributed by atoms with Gasteiger partial charge in [0.15, 0.2) is 6.10 Å². The van der Waals surface area contributed by atoms with Crippen LogP contribution in [0.3, 0.4) is 0 Å². The molecule has 6 heteroatoms. The number of carbonyl (C=O) groups is 2. The van der Waals surface area contributed by atoms with Gasteiger partial charge in [-0.2, -0.15) is 0 Å². The molecule has 0 aromatic rings. The molecule has 2 amide bonds. The fourth-order valence-corrected chi connectivity index (χ4v) is 1.06. The van der Waals surface area contributed by atoms with Crippen LogP contribution < -0.4 is 11.1 Å². The molecule has 0 fully saturated rings. The van der Waals surface area contributed by atoms with Crippen molar-refractivity contribution in [2.24, 2.45) is 5.73 Å². The minimum absolute atomic E-state index is 0.378. The molecule has 0 rings (SSSR count). The maximum Gasteiger partial charge on any atom is 0.407 e. The number of rotatable bonds is 4. The molecule has 0 heterocycles. The van der Waals surface area contributed by atoms with E-state index in [0.29, 0.717) is 6.42 Å². The van der Waals surface area contributed by atoms with Gasteiger partial charge in [-0.3, -0.25) is 4.79 Å². The molecule has 2 unspecified atom stereocenters. The lowest BCUT2D eigenvalue weighted by molar-refractivity contribution is -0.127. The molecule has 0 saturated carbocycles. The van der Waals surface area contributed by atoms with Crippen molar-refractivity contribution < 1.29 is 19.4 Å². The Morgan fingerprint density at radius 2 is 1.94 bits per heavy atom. The van der Waals surface area contributed by atoms with Gasteiger partial charge >= 0.3 is 6.09 Å². The lowest BCUT2D eigenvalue weighted by Gasteiger charge is -2.24. The van der Waals surface area contributed by atoms with Gasteiger partial charge in [-0.1, -0.05) is 6.92 Å². The Kier molecular flexibility index (Phi) is 5.23. The molecule has 0 aliphatic carbocycles. The van der Waals surface area contributed by atoms with Crippen molar-refractivity contribution in [3.63, 3.8) is 0 Å². The second kappa shape index (κ2) is 5.69. The molecule has 6 nitrogen and oxygen atoms in total. The number of primary amides is 1. The van der Waals surface area contributed by atoms with Crippen LogP contribution >= 0.6 is 0 Å². The first kappa shape index (κ1) is 14.7. The van der Waals surface area contributed by atoms with Gasteiger partial charge in [-0.25, -0.2) is 4.79 Å². The third kappa shape index (κ3) is 5.55. The van der Waals surface area contributed by atoms with Gasteiger partial charge in [0.25, 0.3) is 0 Å². The Morgan fingerprint density at radius 3 is 2.25 bits per heavy atom. The topological polar surface area (TPSA) is 102 Å². The highest BCUT2D eigenvalue weighted by Gasteiger charge is 2.26. The van der Waals surface area contributed by atoms with Crippen LogP contribution in [0.4, 0.5) is 4.79 Å². The molecular weight excluding hydrogens is 212 g/mol. The van der Waals surface area contributed by atoms with Crippen molar-refractivity contribution in [3.05, 3.63) is 0 Å². The largest absolute Gasteiger partial charge is 0.444 e. The van der Waals surface area contributed by atoms with Gasteiger partial charge in [0.05, 0.1) is 6.04 Å². The summed E-state index contributed by atoms with van der Waals surface area (Å²) in [6.07, 6.45) is -1.71. The third-order valence-electron chi connectivity index (χ3n) is 1.81. The molecule has 0 aromatic carbocycles. The number of nitrogens with two attached hydrogens (primary N) is 1. The molecule has 16 heavy (non-hydrogen) atoms. The van der Waals surface area contributed by atoms with Crippen LogP contribution in [0.1, 0.15) is 34.1 Å². The van der Waals surface area contributed by atoms with Crippen LogP contribution in [-0.4, -0.2) is 34.9 Å². The van der Waals surface area contributed by atoms with Crippen molar-refractivity contribution >= 4 is 12.0 Å². The van der Waals surface area contributed by atoms with Crippen molar-refractivity contribution in [2.75, 3.05) is 0 Å². The number of ether oxygens (including phenoxy) is 1. The van der Waals surface area contributed by atoms with Crippen molar-refractivity contribution in [1.82, 2.24) is 5.32 Å². The van der Waals surface area contributed by atoms with Gasteiger partial charge in [0, 0.05) is 0 Å². The molecule has 0 saturated heterocycles. The van der Waals surface area contributed by atoms with Gasteiger partial charge in [-0.05, 0) is 27.2 Å². The number of hydrogen-bond acceptors (Lipinski definition) is 4. The van der Waals surface area contributed by atoms with E-state index in [1.807, 2.05) is 0 Å². The lowest BCUT2D eigenvalue weighted by Crippen LogP contribution is -2.50. The van der Waals surface area contributed by atoms with E-state index < -0.39 is 29.7 Å². The third-order valence-corrected chi connectivity index (χ3v) is 1.81. The minimum atomic E-state index is -1.41. The second-order valence-corrected chi connectivity index (χ2v) is 4.51. The lowest BCUT2D eigenvalue weighted by atomic mass is 10.1. The van der Waals surface area contributed by atoms with Crippen LogP contribution in [-0.2, 0) is 9.53 Å². The Morgan fingerprint density at radius 1 is 1.44 bits per heavy atom. The summed E-state index contributed by atoms with van der Waals surface area (Å²) >= 11 is 0. The molecule has 0 radical (unpaired) electrons. The summed E-state index contributed by atoms with van der Waals surface area (Å²) in [5, 5.41) is 11.8. The molecular formula is C10H20N2O4. The quantitative estimate of drug-likeness (QED) is 0.641. The van der Waals surface area contributed by atoms with Crippen LogP contribution in [0, 0.1) is 0 Å². The smallest absolute Gasteiger partial charge is 0.407 e. The Bertz CT molecular complexity index is 260. The highest BCUT2D eigenvalue weighted by molar-refractivity contribution is 5.80. The number of aliphatic hydroxyl groups excluding tert-OH is 1. The van der Waals surface area contributed by atoms with E-state index in [1.54, 1.807) is 27.7 Å². The van der Waals surface area contributed by atoms with E-state index in [-0.39, 0.29) is 0 Å². The molecule has 0 bridgehead atoms. The van der Waals surface area contributed by atoms with Crippen molar-refractivity contribution in [2.45, 2.75) is 51.9 Å². The summed E-state index contributed by atoms with van der Waals surface area (Å²) in [6, 6.07) is -0.729. The SMILES string of the molecule is CCC(NC(=O)OC(C)(C)C)C(O)C(N)=O. The molecule has 2 atom stereocenters. The summed E-state index contributed by atoms with van der Waals surface area (Å²) in [6.45, 7) is 6.88. The first-order chi connectivity index (χ1) is 7.17. The zero-order chi connectivity index (χ0) is 12.9. The fourth-order valence-electron chi connectivity index (χ4n) is 1.06. The van der Waals surface area contributed by atoms with Gasteiger partial charge < -0.3 is 20.9 Å². The minimum Gasteiger partial charge on any atom is -0.444 e. The monoisotopic (exact) mass is 232 g/mol. The number of hydrogen-bond donors (Lipinski definition) is 3. The van der Waals surface area contributed by atoms with E-state index in [2.05, 4.69) is 5.32 Å². The van der Waals surface area contributed by atoms with E-state index in [9.17, 15) is 14.7 Å². The van der Waals surface area contributed by atoms with Crippen molar-refractivity contribution in [1.29, 1.82) is 0 Å². The number of carbonyl (C=O) groups excluding carboxylic acids is 2. The van der Waals surface area contributed by atoms with Crippen molar-refractivity contribution in [3.8, 4) is 0 Å². The van der Waals surface area contributed by atoms with E-state index >= 15 is 0 Å². The van der Waals surface area contributed by atoms with Crippen LogP contribution in [0.25, 0.3) is 0 Å². The number of amides is 2. The summed E-state index contributed by atoms with van der Waals surface area (Å²) in [5.74, 6) is -0.872. The summed E-state index contributed by atoms with van der Waals surface area (Å²) < 4.78 is 4.99. The van der Waals surface area contributed by atoms with Gasteiger partial charge in [-0.15, -0.1) is 0 Å². The van der Waals surface area contributed by atoms with Crippen LogP contribution in [0.2, 0.25) is 0 Å². The van der Waals surface area contributed by atoms with Gasteiger partial charge in [0.1, 0.15) is 5.60 Å². The molecule has 0 aliphatic heterocycles. The van der Waals surface area contributed by atoms with E-state index in [0.717, 1.165) is 0 Å². The molecule has 4 N–H and O–H groups in total. The van der Waals surface area contributed by atoms with Crippen LogP contribution in [0.15, 0.2) is 0 Å². The predicted molar refractivity (Wildman–Crippen MR) is 58.6 cm³/mol. The zero-order valence-corrected chi connectivity index (χ0v) is 10.1. The summed E-state index contributed by atoms with van der Waals surface area (Å²) in [5.41, 5.74) is 4.31. The Hall–Kier alpha value is -1.30. The number of alkyl carbamates (subject to hydrolysis) is 1. The molecule has 0 aromatic heterocycles. The zero-order valence-electron chi connectivity index (χ0n) is 10.1. The Labute approximate surface area is 95.1 Å². The molecule has 94 valence electrons. The maximum absolute atomic E-state index is 11.4.